The lowest BCUT2D eigenvalue weighted by atomic mass is 9.95. The molecule has 0 radical (unpaired) electrons. The van der Waals surface area contributed by atoms with Crippen LogP contribution in [0.25, 0.3) is 5.69 Å². The third kappa shape index (κ3) is 4.79. The number of rotatable bonds is 5. The van der Waals surface area contributed by atoms with E-state index in [-0.39, 0.29) is 35.3 Å². The first-order chi connectivity index (χ1) is 15.2. The van der Waals surface area contributed by atoms with Gasteiger partial charge in [0, 0.05) is 32.0 Å². The average Bonchev–Trinajstić information content (AvgIpc) is 3.27. The molecule has 1 aromatic carbocycles. The number of aryl methyl sites for hydroxylation is 1. The predicted molar refractivity (Wildman–Crippen MR) is 123 cm³/mol. The third-order valence-electron chi connectivity index (χ3n) is 6.08. The number of nitrogens with zero attached hydrogens (tertiary/aromatic N) is 3. The Morgan fingerprint density at radius 2 is 1.78 bits per heavy atom. The third-order valence-corrected chi connectivity index (χ3v) is 7.85. The molecule has 9 nitrogen and oxygen atoms in total. The number of para-hydroxylation sites is 1. The van der Waals surface area contributed by atoms with E-state index in [1.54, 1.807) is 0 Å². The molecule has 0 bridgehead atoms. The smallest absolute Gasteiger partial charge is 0.223 e. The van der Waals surface area contributed by atoms with Gasteiger partial charge in [-0.05, 0) is 38.3 Å². The van der Waals surface area contributed by atoms with Crippen LogP contribution in [0.2, 0.25) is 0 Å². The van der Waals surface area contributed by atoms with E-state index >= 15 is 0 Å². The van der Waals surface area contributed by atoms with Gasteiger partial charge in [-0.15, -0.1) is 0 Å². The molecule has 1 atom stereocenters. The van der Waals surface area contributed by atoms with Crippen LogP contribution < -0.4 is 15.5 Å². The lowest BCUT2D eigenvalue weighted by Gasteiger charge is -2.34. The van der Waals surface area contributed by atoms with E-state index in [0.717, 1.165) is 17.2 Å². The zero-order chi connectivity index (χ0) is 22.9. The van der Waals surface area contributed by atoms with Crippen molar-refractivity contribution in [3.8, 4) is 5.69 Å². The summed E-state index contributed by atoms with van der Waals surface area (Å²) in [5, 5.41) is 10.5. The monoisotopic (exact) mass is 459 g/mol. The average molecular weight is 460 g/mol. The first-order valence-electron chi connectivity index (χ1n) is 10.9. The number of aromatic nitrogens is 2. The Morgan fingerprint density at radius 3 is 2.38 bits per heavy atom. The molecule has 10 heteroatoms. The Kier molecular flexibility index (Phi) is 6.23. The molecule has 0 spiro atoms. The topological polar surface area (TPSA) is 113 Å². The van der Waals surface area contributed by atoms with Crippen LogP contribution in [0, 0.1) is 12.8 Å². The Bertz CT molecular complexity index is 1100. The highest BCUT2D eigenvalue weighted by Crippen LogP contribution is 2.35. The minimum Gasteiger partial charge on any atom is -0.355 e. The summed E-state index contributed by atoms with van der Waals surface area (Å²) in [5.74, 6) is 0.597. The second kappa shape index (κ2) is 8.93. The van der Waals surface area contributed by atoms with Gasteiger partial charge in [-0.2, -0.15) is 5.10 Å². The van der Waals surface area contributed by atoms with E-state index in [9.17, 15) is 18.0 Å². The zero-order valence-electron chi connectivity index (χ0n) is 18.4. The van der Waals surface area contributed by atoms with E-state index in [4.69, 9.17) is 0 Å². The first kappa shape index (κ1) is 22.3. The quantitative estimate of drug-likeness (QED) is 0.703. The Hall–Kier alpha value is -2.88. The van der Waals surface area contributed by atoms with E-state index in [0.29, 0.717) is 38.0 Å². The van der Waals surface area contributed by atoms with Gasteiger partial charge in [-0.1, -0.05) is 18.2 Å². The summed E-state index contributed by atoms with van der Waals surface area (Å²) >= 11 is 0. The highest BCUT2D eigenvalue weighted by molar-refractivity contribution is 7.91. The maximum absolute atomic E-state index is 12.7. The number of hydrogen-bond donors (Lipinski definition) is 2. The van der Waals surface area contributed by atoms with Gasteiger partial charge in [0.05, 0.1) is 22.9 Å². The van der Waals surface area contributed by atoms with Crippen molar-refractivity contribution < 1.29 is 18.0 Å². The molecule has 1 unspecified atom stereocenters. The Labute approximate surface area is 188 Å². The van der Waals surface area contributed by atoms with Crippen molar-refractivity contribution in [2.24, 2.45) is 5.92 Å². The van der Waals surface area contributed by atoms with Gasteiger partial charge in [0.2, 0.25) is 11.8 Å². The van der Waals surface area contributed by atoms with Crippen LogP contribution in [-0.2, 0) is 19.4 Å². The van der Waals surface area contributed by atoms with Crippen LogP contribution >= 0.6 is 0 Å². The minimum absolute atomic E-state index is 0.0349. The van der Waals surface area contributed by atoms with Gasteiger partial charge in [-0.3, -0.25) is 9.59 Å². The first-order valence-corrected chi connectivity index (χ1v) is 12.7. The molecule has 3 heterocycles. The predicted octanol–water partition coefficient (Wildman–Crippen LogP) is 1.66. The molecule has 4 rings (SSSR count). The molecule has 172 valence electrons. The summed E-state index contributed by atoms with van der Waals surface area (Å²) in [7, 11) is -3.03. The maximum Gasteiger partial charge on any atom is 0.223 e. The zero-order valence-corrected chi connectivity index (χ0v) is 19.2. The van der Waals surface area contributed by atoms with E-state index < -0.39 is 9.84 Å². The van der Waals surface area contributed by atoms with Crippen molar-refractivity contribution in [3.05, 3.63) is 36.0 Å². The number of anilines is 2. The lowest BCUT2D eigenvalue weighted by molar-refractivity contribution is -0.126. The van der Waals surface area contributed by atoms with Crippen molar-refractivity contribution in [3.63, 3.8) is 0 Å². The van der Waals surface area contributed by atoms with Crippen LogP contribution in [0.1, 0.15) is 31.9 Å². The number of hydrogen-bond acceptors (Lipinski definition) is 6. The molecule has 2 aliphatic heterocycles. The van der Waals surface area contributed by atoms with Crippen molar-refractivity contribution in [2.45, 2.75) is 39.2 Å². The van der Waals surface area contributed by atoms with Gasteiger partial charge in [-0.25, -0.2) is 13.1 Å². The number of sulfone groups is 1. The number of nitrogens with one attached hydrogen (secondary N) is 2. The summed E-state index contributed by atoms with van der Waals surface area (Å²) in [5.41, 5.74) is 2.30. The van der Waals surface area contributed by atoms with Gasteiger partial charge >= 0.3 is 0 Å². The summed E-state index contributed by atoms with van der Waals surface area (Å²) in [6.07, 6.45) is 1.77. The van der Waals surface area contributed by atoms with Crippen LogP contribution in [0.15, 0.2) is 30.3 Å². The normalized spacial score (nSPS) is 20.8. The number of piperidine rings is 1. The van der Waals surface area contributed by atoms with Crippen molar-refractivity contribution in [1.82, 2.24) is 15.1 Å². The molecule has 32 heavy (non-hydrogen) atoms. The molecule has 2 amide bonds. The Balaban J connectivity index is 1.50. The van der Waals surface area contributed by atoms with Gasteiger partial charge < -0.3 is 15.5 Å². The van der Waals surface area contributed by atoms with Crippen molar-refractivity contribution in [1.29, 1.82) is 0 Å². The fraction of sp³-hybridized carbons (Fsp3) is 0.500. The molecule has 0 saturated carbocycles. The second-order valence-corrected chi connectivity index (χ2v) is 10.8. The summed E-state index contributed by atoms with van der Waals surface area (Å²) in [6, 6.07) is 9.46. The fourth-order valence-electron chi connectivity index (χ4n) is 4.46. The number of benzene rings is 1. The molecule has 2 aliphatic rings. The van der Waals surface area contributed by atoms with E-state index in [2.05, 4.69) is 20.6 Å². The van der Waals surface area contributed by atoms with E-state index in [1.807, 2.05) is 41.9 Å². The standard InChI is InChI=1S/C22H29N5O4S/c1-15-20(23-16(2)28)22(27(25-15)19-6-4-3-5-7-19)26-11-8-17(9-12-26)21(29)24-18-10-13-32(30,31)14-18/h3-7,17-18H,8-14H2,1-2H3,(H,23,28)(H,24,29). The lowest BCUT2D eigenvalue weighted by Crippen LogP contribution is -2.44. The summed E-state index contributed by atoms with van der Waals surface area (Å²) < 4.78 is 25.2. The van der Waals surface area contributed by atoms with E-state index in [1.165, 1.54) is 6.92 Å². The molecule has 2 fully saturated rings. The number of carbonyl (C=O) groups is 2. The molecular formula is C22H29N5O4S. The number of carbonyl (C=O) groups excluding carboxylic acids is 2. The van der Waals surface area contributed by atoms with Crippen LogP contribution in [0.4, 0.5) is 11.5 Å². The fourth-order valence-corrected chi connectivity index (χ4v) is 6.13. The number of amides is 2. The second-order valence-electron chi connectivity index (χ2n) is 8.58. The summed E-state index contributed by atoms with van der Waals surface area (Å²) in [6.45, 7) is 4.60. The minimum atomic E-state index is -3.03. The molecular weight excluding hydrogens is 430 g/mol. The highest BCUT2D eigenvalue weighted by Gasteiger charge is 2.33. The SMILES string of the molecule is CC(=O)Nc1c(C)nn(-c2ccccc2)c1N1CCC(C(=O)NC2CCS(=O)(=O)C2)CC1. The largest absolute Gasteiger partial charge is 0.355 e. The Morgan fingerprint density at radius 1 is 1.09 bits per heavy atom. The van der Waals surface area contributed by atoms with Gasteiger partial charge in [0.1, 0.15) is 5.69 Å². The molecule has 0 aliphatic carbocycles. The van der Waals surface area contributed by atoms with Crippen LogP contribution in [-0.4, -0.2) is 60.6 Å². The molecule has 2 saturated heterocycles. The van der Waals surface area contributed by atoms with Crippen LogP contribution in [0.3, 0.4) is 0 Å². The summed E-state index contributed by atoms with van der Waals surface area (Å²) in [4.78, 5) is 26.7. The maximum atomic E-state index is 12.7. The van der Waals surface area contributed by atoms with Gasteiger partial charge in [0.15, 0.2) is 15.7 Å². The van der Waals surface area contributed by atoms with Crippen LogP contribution in [0.5, 0.6) is 0 Å². The molecule has 2 N–H and O–H groups in total. The molecule has 1 aromatic heterocycles. The molecule has 2 aromatic rings. The van der Waals surface area contributed by atoms with Crippen molar-refractivity contribution >= 4 is 33.2 Å². The van der Waals surface area contributed by atoms with Crippen molar-refractivity contribution in [2.75, 3.05) is 34.8 Å². The van der Waals surface area contributed by atoms with Gasteiger partial charge in [0.25, 0.3) is 0 Å². The highest BCUT2D eigenvalue weighted by atomic mass is 32.2.